The molecular formula is C22H26F3NO2S. The van der Waals surface area contributed by atoms with E-state index in [0.29, 0.717) is 12.1 Å². The molecule has 1 aromatic carbocycles. The van der Waals surface area contributed by atoms with E-state index in [0.717, 1.165) is 45.7 Å². The Bertz CT molecular complexity index is 902. The van der Waals surface area contributed by atoms with Gasteiger partial charge in [-0.2, -0.15) is 13.2 Å². The van der Waals surface area contributed by atoms with Crippen LogP contribution in [-0.4, -0.2) is 35.7 Å². The Morgan fingerprint density at radius 2 is 1.97 bits per heavy atom. The maximum atomic E-state index is 12.5. The molecule has 0 radical (unpaired) electrons. The highest BCUT2D eigenvalue weighted by Gasteiger charge is 2.33. The molecule has 0 amide bonds. The SMILES string of the molecule is CN(CCC(F)(F)F)Cc1ccccc1-c1sc2c(c1C(=O)O)CC(C)(C)CC2. The molecule has 0 saturated carbocycles. The summed E-state index contributed by atoms with van der Waals surface area (Å²) in [6, 6.07) is 7.44. The monoisotopic (exact) mass is 425 g/mol. The van der Waals surface area contributed by atoms with Gasteiger partial charge in [-0.3, -0.25) is 0 Å². The van der Waals surface area contributed by atoms with Crippen LogP contribution in [0.4, 0.5) is 13.2 Å². The number of nitrogens with zero attached hydrogens (tertiary/aromatic N) is 1. The first-order valence-corrected chi connectivity index (χ1v) is 10.5. The van der Waals surface area contributed by atoms with Crippen molar-refractivity contribution in [3.63, 3.8) is 0 Å². The third kappa shape index (κ3) is 5.20. The first kappa shape index (κ1) is 21.8. The molecule has 1 aliphatic rings. The molecule has 0 fully saturated rings. The Balaban J connectivity index is 1.96. The molecule has 0 aliphatic heterocycles. The molecule has 0 spiro atoms. The predicted molar refractivity (Wildman–Crippen MR) is 110 cm³/mol. The minimum absolute atomic E-state index is 0.0624. The molecule has 1 aliphatic carbocycles. The fourth-order valence-electron chi connectivity index (χ4n) is 3.90. The molecule has 0 atom stereocenters. The molecule has 1 aromatic heterocycles. The number of aryl methyl sites for hydroxylation is 1. The first-order chi connectivity index (χ1) is 13.5. The lowest BCUT2D eigenvalue weighted by Gasteiger charge is -2.29. The zero-order chi connectivity index (χ0) is 21.4. The Labute approximate surface area is 173 Å². The van der Waals surface area contributed by atoms with Gasteiger partial charge in [-0.1, -0.05) is 38.1 Å². The van der Waals surface area contributed by atoms with Crippen molar-refractivity contribution in [2.24, 2.45) is 5.41 Å². The van der Waals surface area contributed by atoms with Crippen molar-refractivity contribution < 1.29 is 23.1 Å². The van der Waals surface area contributed by atoms with Crippen LogP contribution < -0.4 is 0 Å². The fraction of sp³-hybridized carbons (Fsp3) is 0.500. The van der Waals surface area contributed by atoms with Crippen molar-refractivity contribution in [1.82, 2.24) is 4.90 Å². The quantitative estimate of drug-likeness (QED) is 0.616. The topological polar surface area (TPSA) is 40.5 Å². The summed E-state index contributed by atoms with van der Waals surface area (Å²) in [6.07, 6.45) is -2.45. The van der Waals surface area contributed by atoms with Crippen molar-refractivity contribution in [1.29, 1.82) is 0 Å². The Morgan fingerprint density at radius 1 is 1.28 bits per heavy atom. The van der Waals surface area contributed by atoms with Crippen LogP contribution in [0.2, 0.25) is 0 Å². The normalized spacial score (nSPS) is 16.1. The number of aromatic carboxylic acids is 1. The molecule has 7 heteroatoms. The number of halogens is 3. The van der Waals surface area contributed by atoms with Gasteiger partial charge in [-0.25, -0.2) is 4.79 Å². The standard InChI is InChI=1S/C22H26F3NO2S/c1-21(2)9-8-17-16(12-21)18(20(27)28)19(29-17)15-7-5-4-6-14(15)13-26(3)11-10-22(23,24)25/h4-7H,8-13H2,1-3H3,(H,27,28). The molecular weight excluding hydrogens is 399 g/mol. The largest absolute Gasteiger partial charge is 0.478 e. The summed E-state index contributed by atoms with van der Waals surface area (Å²) in [5, 5.41) is 9.96. The smallest absolute Gasteiger partial charge is 0.390 e. The van der Waals surface area contributed by atoms with Crippen molar-refractivity contribution in [3.8, 4) is 10.4 Å². The summed E-state index contributed by atoms with van der Waals surface area (Å²) >= 11 is 1.52. The minimum atomic E-state index is -4.19. The molecule has 1 heterocycles. The third-order valence-electron chi connectivity index (χ3n) is 5.47. The van der Waals surface area contributed by atoms with Gasteiger partial charge in [0.05, 0.1) is 12.0 Å². The van der Waals surface area contributed by atoms with Gasteiger partial charge in [-0.05, 0) is 48.4 Å². The van der Waals surface area contributed by atoms with Crippen LogP contribution in [0.5, 0.6) is 0 Å². The van der Waals surface area contributed by atoms with Crippen molar-refractivity contribution in [2.75, 3.05) is 13.6 Å². The van der Waals surface area contributed by atoms with E-state index in [-0.39, 0.29) is 12.0 Å². The Kier molecular flexibility index (Phi) is 6.11. The highest BCUT2D eigenvalue weighted by molar-refractivity contribution is 7.16. The van der Waals surface area contributed by atoms with Gasteiger partial charge in [0.25, 0.3) is 0 Å². The van der Waals surface area contributed by atoms with Gasteiger partial charge in [0.2, 0.25) is 0 Å². The lowest BCUT2D eigenvalue weighted by molar-refractivity contribution is -0.137. The summed E-state index contributed by atoms with van der Waals surface area (Å²) in [5.41, 5.74) is 3.00. The van der Waals surface area contributed by atoms with Crippen LogP contribution in [0.25, 0.3) is 10.4 Å². The van der Waals surface area contributed by atoms with E-state index in [9.17, 15) is 23.1 Å². The molecule has 1 N–H and O–H groups in total. The summed E-state index contributed by atoms with van der Waals surface area (Å²) in [4.78, 5) is 15.6. The van der Waals surface area contributed by atoms with Crippen LogP contribution >= 0.6 is 11.3 Å². The molecule has 0 unspecified atom stereocenters. The Morgan fingerprint density at radius 3 is 2.62 bits per heavy atom. The first-order valence-electron chi connectivity index (χ1n) is 9.68. The van der Waals surface area contributed by atoms with Gasteiger partial charge in [0.15, 0.2) is 0 Å². The van der Waals surface area contributed by atoms with Gasteiger partial charge >= 0.3 is 12.1 Å². The highest BCUT2D eigenvalue weighted by atomic mass is 32.1. The number of hydrogen-bond donors (Lipinski definition) is 1. The summed E-state index contributed by atoms with van der Waals surface area (Å²) in [5.74, 6) is -0.935. The van der Waals surface area contributed by atoms with Crippen LogP contribution in [0.3, 0.4) is 0 Å². The van der Waals surface area contributed by atoms with Crippen LogP contribution in [-0.2, 0) is 19.4 Å². The molecule has 3 nitrogen and oxygen atoms in total. The van der Waals surface area contributed by atoms with E-state index in [4.69, 9.17) is 0 Å². The molecule has 0 saturated heterocycles. The highest BCUT2D eigenvalue weighted by Crippen LogP contribution is 2.45. The maximum Gasteiger partial charge on any atom is 0.390 e. The number of fused-ring (bicyclic) bond motifs is 1. The second-order valence-electron chi connectivity index (χ2n) is 8.61. The van der Waals surface area contributed by atoms with E-state index in [1.807, 2.05) is 24.3 Å². The lowest BCUT2D eigenvalue weighted by atomic mass is 9.76. The zero-order valence-electron chi connectivity index (χ0n) is 16.9. The van der Waals surface area contributed by atoms with E-state index >= 15 is 0 Å². The molecule has 158 valence electrons. The van der Waals surface area contributed by atoms with Crippen molar-refractivity contribution in [2.45, 2.75) is 52.3 Å². The van der Waals surface area contributed by atoms with E-state index in [2.05, 4.69) is 13.8 Å². The number of alkyl halides is 3. The average molecular weight is 426 g/mol. The zero-order valence-corrected chi connectivity index (χ0v) is 17.7. The van der Waals surface area contributed by atoms with Gasteiger partial charge < -0.3 is 10.0 Å². The van der Waals surface area contributed by atoms with Crippen LogP contribution in [0, 0.1) is 5.41 Å². The molecule has 29 heavy (non-hydrogen) atoms. The van der Waals surface area contributed by atoms with E-state index in [1.54, 1.807) is 11.9 Å². The second kappa shape index (κ2) is 8.11. The number of rotatable bonds is 6. The maximum absolute atomic E-state index is 12.5. The van der Waals surface area contributed by atoms with Crippen molar-refractivity contribution in [3.05, 3.63) is 45.8 Å². The third-order valence-corrected chi connectivity index (χ3v) is 6.79. The number of carboxylic acid groups (broad SMARTS) is 1. The second-order valence-corrected chi connectivity index (χ2v) is 9.72. The lowest BCUT2D eigenvalue weighted by Crippen LogP contribution is -2.24. The number of thiophene rings is 1. The van der Waals surface area contributed by atoms with Gasteiger partial charge in [0.1, 0.15) is 0 Å². The van der Waals surface area contributed by atoms with Crippen LogP contribution in [0.1, 0.15) is 53.1 Å². The van der Waals surface area contributed by atoms with Gasteiger partial charge in [0, 0.05) is 22.8 Å². The number of carboxylic acids is 1. The number of benzene rings is 1. The fourth-order valence-corrected chi connectivity index (χ4v) is 5.27. The molecule has 2 aromatic rings. The van der Waals surface area contributed by atoms with Gasteiger partial charge in [-0.15, -0.1) is 11.3 Å². The summed E-state index contributed by atoms with van der Waals surface area (Å²) in [7, 11) is 1.66. The van der Waals surface area contributed by atoms with Crippen molar-refractivity contribution >= 4 is 17.3 Å². The molecule has 0 bridgehead atoms. The minimum Gasteiger partial charge on any atom is -0.478 e. The van der Waals surface area contributed by atoms with E-state index in [1.165, 1.54) is 11.3 Å². The molecule has 3 rings (SSSR count). The average Bonchev–Trinajstić information content (AvgIpc) is 2.97. The van der Waals surface area contributed by atoms with E-state index < -0.39 is 18.6 Å². The predicted octanol–water partition coefficient (Wildman–Crippen LogP) is 6.01. The number of carbonyl (C=O) groups is 1. The number of hydrogen-bond acceptors (Lipinski definition) is 3. The van der Waals surface area contributed by atoms with Crippen LogP contribution in [0.15, 0.2) is 24.3 Å². The summed E-state index contributed by atoms with van der Waals surface area (Å²) in [6.45, 7) is 4.54. The Hall–Kier alpha value is -1.86. The summed E-state index contributed by atoms with van der Waals surface area (Å²) < 4.78 is 37.6.